The van der Waals surface area contributed by atoms with Crippen molar-refractivity contribution in [1.82, 2.24) is 10.3 Å². The Morgan fingerprint density at radius 2 is 2.54 bits per heavy atom. The summed E-state index contributed by atoms with van der Waals surface area (Å²) in [6.45, 7) is 0.128. The zero-order valence-corrected chi connectivity index (χ0v) is 6.75. The minimum atomic E-state index is -0.687. The molecule has 0 aliphatic heterocycles. The van der Waals surface area contributed by atoms with Crippen molar-refractivity contribution in [3.05, 3.63) is 29.8 Å². The van der Waals surface area contributed by atoms with Gasteiger partial charge in [0.25, 0.3) is 5.91 Å². The quantitative estimate of drug-likeness (QED) is 0.531. The molecule has 0 spiro atoms. The Labute approximate surface area is 75.0 Å². The first-order valence-corrected chi connectivity index (χ1v) is 3.57. The predicted octanol–water partition coefficient (Wildman–Crippen LogP) is 0.584. The van der Waals surface area contributed by atoms with Crippen LogP contribution in [0.4, 0.5) is 4.39 Å². The topological polar surface area (TPSA) is 42.0 Å². The fourth-order valence-electron chi connectivity index (χ4n) is 0.777. The summed E-state index contributed by atoms with van der Waals surface area (Å²) >= 11 is 0. The summed E-state index contributed by atoms with van der Waals surface area (Å²) in [4.78, 5) is 14.5. The number of nitrogens with zero attached hydrogens (tertiary/aromatic N) is 1. The van der Waals surface area contributed by atoms with Crippen LogP contribution in [0.25, 0.3) is 0 Å². The normalized spacial score (nSPS) is 8.92. The van der Waals surface area contributed by atoms with Crippen LogP contribution in [0.15, 0.2) is 18.3 Å². The molecule has 1 N–H and O–H groups in total. The second-order valence-corrected chi connectivity index (χ2v) is 2.25. The average molecular weight is 178 g/mol. The molecule has 0 atom stereocenters. The number of amides is 1. The van der Waals surface area contributed by atoms with Crippen LogP contribution >= 0.6 is 0 Å². The molecule has 0 saturated heterocycles. The van der Waals surface area contributed by atoms with E-state index in [0.29, 0.717) is 0 Å². The molecular formula is C9H7FN2O. The van der Waals surface area contributed by atoms with Crippen molar-refractivity contribution in [2.45, 2.75) is 0 Å². The van der Waals surface area contributed by atoms with Gasteiger partial charge >= 0.3 is 0 Å². The highest BCUT2D eigenvalue weighted by Gasteiger charge is 2.04. The number of nitrogens with one attached hydrogen (secondary N) is 1. The number of aromatic nitrogens is 1. The van der Waals surface area contributed by atoms with Gasteiger partial charge in [-0.15, -0.1) is 6.42 Å². The molecule has 0 fully saturated rings. The highest BCUT2D eigenvalue weighted by atomic mass is 19.1. The molecule has 66 valence electrons. The third kappa shape index (κ3) is 2.56. The van der Waals surface area contributed by atoms with Gasteiger partial charge < -0.3 is 5.32 Å². The molecule has 3 nitrogen and oxygen atoms in total. The van der Waals surface area contributed by atoms with Crippen molar-refractivity contribution in [3.63, 3.8) is 0 Å². The second-order valence-electron chi connectivity index (χ2n) is 2.25. The van der Waals surface area contributed by atoms with Crippen LogP contribution in [0.3, 0.4) is 0 Å². The number of hydrogen-bond donors (Lipinski definition) is 1. The number of terminal acetylenes is 1. The van der Waals surface area contributed by atoms with Crippen LogP contribution < -0.4 is 5.32 Å². The lowest BCUT2D eigenvalue weighted by Crippen LogP contribution is -2.23. The SMILES string of the molecule is C#CCNC(=O)c1ccnc(F)c1. The Kier molecular flexibility index (Phi) is 2.98. The zero-order valence-electron chi connectivity index (χ0n) is 6.75. The van der Waals surface area contributed by atoms with E-state index in [0.717, 1.165) is 6.07 Å². The van der Waals surface area contributed by atoms with E-state index >= 15 is 0 Å². The van der Waals surface area contributed by atoms with Gasteiger partial charge in [0.05, 0.1) is 6.54 Å². The first kappa shape index (κ1) is 9.20. The highest BCUT2D eigenvalue weighted by molar-refractivity contribution is 5.94. The molecule has 1 aromatic heterocycles. The van der Waals surface area contributed by atoms with E-state index in [1.54, 1.807) is 0 Å². The largest absolute Gasteiger partial charge is 0.341 e. The number of carbonyl (C=O) groups excluding carboxylic acids is 1. The Morgan fingerprint density at radius 3 is 3.15 bits per heavy atom. The van der Waals surface area contributed by atoms with Gasteiger partial charge in [-0.1, -0.05) is 5.92 Å². The molecule has 0 aliphatic carbocycles. The first-order valence-electron chi connectivity index (χ1n) is 3.57. The lowest BCUT2D eigenvalue weighted by molar-refractivity contribution is 0.0958. The fraction of sp³-hybridized carbons (Fsp3) is 0.111. The van der Waals surface area contributed by atoms with Crippen molar-refractivity contribution in [2.75, 3.05) is 6.54 Å². The van der Waals surface area contributed by atoms with Crippen molar-refractivity contribution in [1.29, 1.82) is 0 Å². The number of carbonyl (C=O) groups is 1. The molecule has 4 heteroatoms. The lowest BCUT2D eigenvalue weighted by atomic mass is 10.2. The van der Waals surface area contributed by atoms with E-state index in [-0.39, 0.29) is 12.1 Å². The minimum Gasteiger partial charge on any atom is -0.341 e. The average Bonchev–Trinajstić information content (AvgIpc) is 2.14. The van der Waals surface area contributed by atoms with Crippen LogP contribution in [0, 0.1) is 18.3 Å². The summed E-state index contributed by atoms with van der Waals surface area (Å²) in [6, 6.07) is 2.46. The van der Waals surface area contributed by atoms with Gasteiger partial charge in [0.15, 0.2) is 0 Å². The maximum Gasteiger partial charge on any atom is 0.252 e. The first-order chi connectivity index (χ1) is 6.24. The van der Waals surface area contributed by atoms with Crippen molar-refractivity contribution >= 4 is 5.91 Å². The van der Waals surface area contributed by atoms with Gasteiger partial charge in [-0.2, -0.15) is 4.39 Å². The Hall–Kier alpha value is -1.89. The minimum absolute atomic E-state index is 0.128. The Morgan fingerprint density at radius 1 is 1.77 bits per heavy atom. The summed E-state index contributed by atoms with van der Waals surface area (Å²) in [6.07, 6.45) is 6.16. The highest BCUT2D eigenvalue weighted by Crippen LogP contribution is 1.99. The summed E-state index contributed by atoms with van der Waals surface area (Å²) in [5.41, 5.74) is 0.211. The van der Waals surface area contributed by atoms with E-state index in [4.69, 9.17) is 6.42 Å². The summed E-state index contributed by atoms with van der Waals surface area (Å²) in [7, 11) is 0. The van der Waals surface area contributed by atoms with Crippen molar-refractivity contribution in [3.8, 4) is 12.3 Å². The van der Waals surface area contributed by atoms with Crippen LogP contribution in [-0.2, 0) is 0 Å². The number of halogens is 1. The number of rotatable bonds is 2. The van der Waals surface area contributed by atoms with Crippen molar-refractivity contribution in [2.24, 2.45) is 0 Å². The molecular weight excluding hydrogens is 171 g/mol. The maximum atomic E-state index is 12.5. The Bertz CT molecular complexity index is 357. The second kappa shape index (κ2) is 4.21. The molecule has 1 heterocycles. The van der Waals surface area contributed by atoms with E-state index in [1.165, 1.54) is 12.3 Å². The van der Waals surface area contributed by atoms with Gasteiger partial charge in [-0.05, 0) is 6.07 Å². The standard InChI is InChI=1S/C9H7FN2O/c1-2-4-12-9(13)7-3-5-11-8(10)6-7/h1,3,5-6H,4H2,(H,12,13). The number of hydrogen-bond acceptors (Lipinski definition) is 2. The van der Waals surface area contributed by atoms with Crippen LogP contribution in [0.2, 0.25) is 0 Å². The Balaban J connectivity index is 2.72. The molecule has 0 radical (unpaired) electrons. The molecule has 1 amide bonds. The maximum absolute atomic E-state index is 12.5. The predicted molar refractivity (Wildman–Crippen MR) is 45.4 cm³/mol. The zero-order chi connectivity index (χ0) is 9.68. The van der Waals surface area contributed by atoms with Gasteiger partial charge in [0, 0.05) is 17.8 Å². The van der Waals surface area contributed by atoms with E-state index in [1.807, 2.05) is 0 Å². The van der Waals surface area contributed by atoms with Crippen LogP contribution in [0.1, 0.15) is 10.4 Å². The van der Waals surface area contributed by atoms with Gasteiger partial charge in [0.2, 0.25) is 5.95 Å². The van der Waals surface area contributed by atoms with Gasteiger partial charge in [-0.25, -0.2) is 4.98 Å². The van der Waals surface area contributed by atoms with Gasteiger partial charge in [0.1, 0.15) is 0 Å². The van der Waals surface area contributed by atoms with Crippen LogP contribution in [0.5, 0.6) is 0 Å². The van der Waals surface area contributed by atoms with E-state index in [9.17, 15) is 9.18 Å². The summed E-state index contributed by atoms with van der Waals surface area (Å²) in [5, 5.41) is 2.41. The smallest absolute Gasteiger partial charge is 0.252 e. The monoisotopic (exact) mass is 178 g/mol. The lowest BCUT2D eigenvalue weighted by Gasteiger charge is -1.99. The van der Waals surface area contributed by atoms with Gasteiger partial charge in [-0.3, -0.25) is 4.79 Å². The molecule has 13 heavy (non-hydrogen) atoms. The summed E-state index contributed by atoms with van der Waals surface area (Å²) < 4.78 is 12.5. The molecule has 0 unspecified atom stereocenters. The molecule has 1 rings (SSSR count). The van der Waals surface area contributed by atoms with E-state index < -0.39 is 11.9 Å². The third-order valence-corrected chi connectivity index (χ3v) is 1.34. The molecule has 1 aromatic rings. The molecule has 0 saturated carbocycles. The summed E-state index contributed by atoms with van der Waals surface area (Å²) in [5.74, 6) is 1.15. The molecule has 0 aromatic carbocycles. The molecule has 0 bridgehead atoms. The number of pyridine rings is 1. The van der Waals surface area contributed by atoms with E-state index in [2.05, 4.69) is 16.2 Å². The third-order valence-electron chi connectivity index (χ3n) is 1.34. The van der Waals surface area contributed by atoms with Crippen LogP contribution in [-0.4, -0.2) is 17.4 Å². The molecule has 0 aliphatic rings. The fourth-order valence-corrected chi connectivity index (χ4v) is 0.777. The van der Waals surface area contributed by atoms with Crippen molar-refractivity contribution < 1.29 is 9.18 Å².